The van der Waals surface area contributed by atoms with E-state index in [1.165, 1.54) is 4.90 Å². The molecule has 1 aromatic heterocycles. The van der Waals surface area contributed by atoms with Crippen LogP contribution in [0.25, 0.3) is 11.1 Å². The van der Waals surface area contributed by atoms with E-state index in [1.54, 1.807) is 20.2 Å². The number of nitrogens with one attached hydrogen (secondary N) is 2. The van der Waals surface area contributed by atoms with E-state index in [-0.39, 0.29) is 18.3 Å². The maximum atomic E-state index is 12.1. The number of rotatable bonds is 2. The summed E-state index contributed by atoms with van der Waals surface area (Å²) in [6.07, 6.45) is 1.91. The first-order chi connectivity index (χ1) is 11.4. The van der Waals surface area contributed by atoms with E-state index in [0.717, 1.165) is 16.7 Å². The van der Waals surface area contributed by atoms with Gasteiger partial charge in [-0.05, 0) is 37.6 Å². The molecule has 0 aliphatic carbocycles. The number of carbonyl (C=O) groups is 1. The molecular weight excluding hydrogens is 302 g/mol. The summed E-state index contributed by atoms with van der Waals surface area (Å²) in [5, 5.41) is 11.0. The highest BCUT2D eigenvalue weighted by molar-refractivity contribution is 5.98. The predicted octanol–water partition coefficient (Wildman–Crippen LogP) is 2.92. The molecule has 1 saturated heterocycles. The molecule has 0 saturated carbocycles. The van der Waals surface area contributed by atoms with E-state index in [9.17, 15) is 4.79 Å². The third-order valence-electron chi connectivity index (χ3n) is 4.22. The molecule has 1 amide bonds. The fraction of sp³-hybridized carbons (Fsp3) is 0.263. The first-order valence-electron chi connectivity index (χ1n) is 7.68. The molecule has 5 nitrogen and oxygen atoms in total. The van der Waals surface area contributed by atoms with Gasteiger partial charge in [0.2, 0.25) is 5.91 Å². The van der Waals surface area contributed by atoms with Crippen LogP contribution in [0, 0.1) is 17.3 Å². The molecule has 2 N–H and O–H groups in total. The summed E-state index contributed by atoms with van der Waals surface area (Å²) in [5.41, 5.74) is 2.15. The lowest BCUT2D eigenvalue weighted by molar-refractivity contribution is -0.129. The van der Waals surface area contributed by atoms with Crippen molar-refractivity contribution in [3.63, 3.8) is 0 Å². The van der Waals surface area contributed by atoms with Crippen LogP contribution >= 0.6 is 0 Å². The van der Waals surface area contributed by atoms with E-state index in [2.05, 4.69) is 17.2 Å². The molecule has 24 heavy (non-hydrogen) atoms. The van der Waals surface area contributed by atoms with E-state index in [0.29, 0.717) is 5.76 Å². The topological polar surface area (TPSA) is 69.3 Å². The minimum Gasteiger partial charge on any atom is -0.466 e. The third-order valence-corrected chi connectivity index (χ3v) is 4.22. The molecule has 2 heterocycles. The quantitative estimate of drug-likeness (QED) is 0.836. The summed E-state index contributed by atoms with van der Waals surface area (Å²) >= 11 is 0. The Morgan fingerprint density at radius 1 is 1.33 bits per heavy atom. The van der Waals surface area contributed by atoms with Crippen LogP contribution in [0.2, 0.25) is 0 Å². The molecule has 0 unspecified atom stereocenters. The number of amides is 1. The lowest BCUT2D eigenvalue weighted by Crippen LogP contribution is -2.58. The van der Waals surface area contributed by atoms with Gasteiger partial charge < -0.3 is 9.73 Å². The average Bonchev–Trinajstić information content (AvgIpc) is 3.04. The van der Waals surface area contributed by atoms with Crippen molar-refractivity contribution in [3.05, 3.63) is 47.9 Å². The van der Waals surface area contributed by atoms with Gasteiger partial charge in [-0.25, -0.2) is 0 Å². The average molecular weight is 321 g/mol. The Morgan fingerprint density at radius 2 is 2.12 bits per heavy atom. The van der Waals surface area contributed by atoms with Gasteiger partial charge in [0.1, 0.15) is 11.3 Å². The Kier molecular flexibility index (Phi) is 3.90. The van der Waals surface area contributed by atoms with Crippen LogP contribution in [-0.4, -0.2) is 23.8 Å². The Labute approximate surface area is 141 Å². The lowest BCUT2D eigenvalue weighted by Gasteiger charge is -2.37. The summed E-state index contributed by atoms with van der Waals surface area (Å²) < 4.78 is 5.73. The molecule has 0 radical (unpaired) electrons. The fourth-order valence-corrected chi connectivity index (χ4v) is 2.78. The van der Waals surface area contributed by atoms with Crippen LogP contribution in [0.15, 0.2) is 41.0 Å². The molecule has 3 rings (SSSR count). The summed E-state index contributed by atoms with van der Waals surface area (Å²) in [6.45, 7) is 3.68. The van der Waals surface area contributed by atoms with Crippen molar-refractivity contribution in [1.29, 1.82) is 5.41 Å². The van der Waals surface area contributed by atoms with E-state index in [1.807, 2.05) is 37.3 Å². The van der Waals surface area contributed by atoms with Gasteiger partial charge in [0.05, 0.1) is 12.7 Å². The number of furan rings is 1. The summed E-state index contributed by atoms with van der Waals surface area (Å²) in [4.78, 5) is 13.4. The van der Waals surface area contributed by atoms with Crippen LogP contribution in [-0.2, 0) is 10.3 Å². The highest BCUT2D eigenvalue weighted by Crippen LogP contribution is 2.33. The van der Waals surface area contributed by atoms with Crippen molar-refractivity contribution in [2.24, 2.45) is 0 Å². The predicted molar refractivity (Wildman–Crippen MR) is 92.3 cm³/mol. The van der Waals surface area contributed by atoms with E-state index >= 15 is 0 Å². The van der Waals surface area contributed by atoms with Crippen LogP contribution < -0.4 is 5.32 Å². The molecule has 1 aliphatic heterocycles. The van der Waals surface area contributed by atoms with Crippen molar-refractivity contribution in [1.82, 2.24) is 10.2 Å². The van der Waals surface area contributed by atoms with Gasteiger partial charge in [-0.2, -0.15) is 0 Å². The van der Waals surface area contributed by atoms with E-state index in [4.69, 9.17) is 9.83 Å². The van der Waals surface area contributed by atoms with Gasteiger partial charge in [-0.15, -0.1) is 5.92 Å². The number of nitrogens with zero attached hydrogens (tertiary/aromatic N) is 1. The molecule has 1 fully saturated rings. The van der Waals surface area contributed by atoms with Gasteiger partial charge in [0.25, 0.3) is 0 Å². The Balaban J connectivity index is 1.93. The molecular formula is C19H19N3O2. The highest BCUT2D eigenvalue weighted by Gasteiger charge is 2.40. The van der Waals surface area contributed by atoms with Gasteiger partial charge >= 0.3 is 0 Å². The second-order valence-electron chi connectivity index (χ2n) is 6.09. The second kappa shape index (κ2) is 5.89. The van der Waals surface area contributed by atoms with Crippen molar-refractivity contribution >= 4 is 11.9 Å². The first-order valence-corrected chi connectivity index (χ1v) is 7.68. The summed E-state index contributed by atoms with van der Waals surface area (Å²) in [5.74, 6) is 6.53. The number of hydrogen-bond donors (Lipinski definition) is 2. The van der Waals surface area contributed by atoms with Gasteiger partial charge in [0, 0.05) is 18.2 Å². The molecule has 0 bridgehead atoms. The number of hydrogen-bond acceptors (Lipinski definition) is 3. The smallest absolute Gasteiger partial charge is 0.231 e. The van der Waals surface area contributed by atoms with Crippen molar-refractivity contribution in [2.45, 2.75) is 25.8 Å². The Morgan fingerprint density at radius 3 is 2.83 bits per heavy atom. The zero-order valence-corrected chi connectivity index (χ0v) is 13.9. The molecule has 0 spiro atoms. The van der Waals surface area contributed by atoms with Crippen LogP contribution in [0.5, 0.6) is 0 Å². The Bertz CT molecular complexity index is 852. The molecule has 122 valence electrons. The maximum absolute atomic E-state index is 12.1. The van der Waals surface area contributed by atoms with E-state index < -0.39 is 5.54 Å². The second-order valence-corrected chi connectivity index (χ2v) is 6.09. The number of carbonyl (C=O) groups excluding carboxylic acids is 1. The number of guanidine groups is 1. The normalized spacial score (nSPS) is 20.4. The van der Waals surface area contributed by atoms with Crippen LogP contribution in [0.1, 0.15) is 31.6 Å². The number of benzene rings is 1. The Hall–Kier alpha value is -3.00. The SMILES string of the molecule is CC#Cc1cccc(-c2coc([C@]3(C)CC(=O)N(C)C(=N)N3)c2)c1. The lowest BCUT2D eigenvalue weighted by atomic mass is 9.91. The van der Waals surface area contributed by atoms with Crippen molar-refractivity contribution < 1.29 is 9.21 Å². The zero-order chi connectivity index (χ0) is 17.3. The zero-order valence-electron chi connectivity index (χ0n) is 13.9. The monoisotopic (exact) mass is 321 g/mol. The standard InChI is InChI=1S/C19H19N3O2/c1-4-6-13-7-5-8-14(9-13)15-10-16(24-12-15)19(2)11-17(23)22(3)18(20)21-19/h5,7-10,12H,11H2,1-3H3,(H2,20,21)/t19-/m0/s1. The third kappa shape index (κ3) is 2.79. The minimum atomic E-state index is -0.722. The van der Waals surface area contributed by atoms with Crippen molar-refractivity contribution in [3.8, 4) is 23.0 Å². The molecule has 1 aliphatic rings. The van der Waals surface area contributed by atoms with Gasteiger partial charge in [-0.1, -0.05) is 18.1 Å². The molecule has 1 atom stereocenters. The summed E-state index contributed by atoms with van der Waals surface area (Å²) in [6, 6.07) is 9.82. The van der Waals surface area contributed by atoms with Crippen LogP contribution in [0.3, 0.4) is 0 Å². The van der Waals surface area contributed by atoms with Crippen molar-refractivity contribution in [2.75, 3.05) is 7.05 Å². The highest BCUT2D eigenvalue weighted by atomic mass is 16.3. The van der Waals surface area contributed by atoms with Gasteiger partial charge in [0.15, 0.2) is 5.96 Å². The van der Waals surface area contributed by atoms with Crippen LogP contribution in [0.4, 0.5) is 0 Å². The first kappa shape index (κ1) is 15.9. The minimum absolute atomic E-state index is 0.0758. The molecule has 5 heteroatoms. The largest absolute Gasteiger partial charge is 0.466 e. The fourth-order valence-electron chi connectivity index (χ4n) is 2.78. The summed E-state index contributed by atoms with van der Waals surface area (Å²) in [7, 11) is 1.59. The van der Waals surface area contributed by atoms with Gasteiger partial charge in [-0.3, -0.25) is 15.1 Å². The molecule has 2 aromatic rings. The molecule has 1 aromatic carbocycles. The maximum Gasteiger partial charge on any atom is 0.231 e.